The molecule has 3 atom stereocenters. The highest BCUT2D eigenvalue weighted by molar-refractivity contribution is 7.47. The molecule has 0 bridgehead atoms. The lowest BCUT2D eigenvalue weighted by Gasteiger charge is -2.26. The molecule has 72 heavy (non-hydrogen) atoms. The van der Waals surface area contributed by atoms with E-state index in [1.807, 2.05) is 21.1 Å². The molecule has 0 aliphatic carbocycles. The highest BCUT2D eigenvalue weighted by Crippen LogP contribution is 2.43. The van der Waals surface area contributed by atoms with Gasteiger partial charge in [0.2, 0.25) is 5.91 Å². The minimum Gasteiger partial charge on any atom is -0.391 e. The molecule has 0 aliphatic heterocycles. The lowest BCUT2D eigenvalue weighted by atomic mass is 10.0. The van der Waals surface area contributed by atoms with Crippen molar-refractivity contribution in [1.29, 1.82) is 0 Å². The van der Waals surface area contributed by atoms with Crippen LogP contribution in [0.3, 0.4) is 0 Å². The van der Waals surface area contributed by atoms with Crippen molar-refractivity contribution in [3.8, 4) is 0 Å². The molecule has 0 aromatic carbocycles. The van der Waals surface area contributed by atoms with Gasteiger partial charge in [-0.05, 0) is 51.4 Å². The summed E-state index contributed by atoms with van der Waals surface area (Å²) in [7, 11) is 1.62. The van der Waals surface area contributed by atoms with Gasteiger partial charge in [0.05, 0.1) is 39.9 Å². The summed E-state index contributed by atoms with van der Waals surface area (Å²) < 4.78 is 23.8. The van der Waals surface area contributed by atoms with Crippen molar-refractivity contribution in [2.75, 3.05) is 40.9 Å². The second kappa shape index (κ2) is 54.3. The van der Waals surface area contributed by atoms with Crippen LogP contribution in [-0.4, -0.2) is 73.4 Å². The van der Waals surface area contributed by atoms with Crippen LogP contribution in [0.2, 0.25) is 0 Å². The summed E-state index contributed by atoms with van der Waals surface area (Å²) in [5.74, 6) is -0.142. The molecule has 8 nitrogen and oxygen atoms in total. The molecule has 9 heteroatoms. The number of allylic oxidation sites excluding steroid dienone is 8. The van der Waals surface area contributed by atoms with E-state index >= 15 is 0 Å². The standard InChI is InChI=1S/C63H121N2O6P/c1-6-8-10-12-14-16-18-20-22-24-26-28-30-31-32-33-35-37-39-41-43-45-47-49-51-53-55-57-63(67)64-61(60-71-72(68,69)70-59-58-65(3,4)5)62(66)56-54-52-50-48-46-44-42-40-38-36-34-29-27-25-23-21-19-17-15-13-11-9-7-2/h8,10,14,16,20,22,26,28,61-62,66H,6-7,9,11-13,15,17-19,21,23-25,27,29-60H2,1-5H3,(H-,64,67,68,69)/p+1/b10-8-,16-14-,22-20-,28-26-. The number of likely N-dealkylation sites (N-methyl/N-ethyl adjacent to an activating group) is 1. The second-order valence-electron chi connectivity index (χ2n) is 22.4. The summed E-state index contributed by atoms with van der Waals surface area (Å²) in [6.45, 7) is 4.82. The summed E-state index contributed by atoms with van der Waals surface area (Å²) in [6.07, 6.45) is 71.8. The van der Waals surface area contributed by atoms with Gasteiger partial charge in [-0.25, -0.2) is 4.57 Å². The number of nitrogens with one attached hydrogen (secondary N) is 1. The molecule has 0 saturated carbocycles. The van der Waals surface area contributed by atoms with Gasteiger partial charge < -0.3 is 19.8 Å². The average Bonchev–Trinajstić information content (AvgIpc) is 3.34. The Bertz CT molecular complexity index is 1310. The maximum atomic E-state index is 13.0. The maximum Gasteiger partial charge on any atom is 0.472 e. The van der Waals surface area contributed by atoms with Gasteiger partial charge >= 0.3 is 7.82 Å². The van der Waals surface area contributed by atoms with Crippen molar-refractivity contribution < 1.29 is 32.9 Å². The number of phosphoric acid groups is 1. The van der Waals surface area contributed by atoms with E-state index < -0.39 is 20.0 Å². The van der Waals surface area contributed by atoms with Crippen LogP contribution in [-0.2, 0) is 18.4 Å². The minimum absolute atomic E-state index is 0.0747. The Morgan fingerprint density at radius 3 is 1.22 bits per heavy atom. The predicted molar refractivity (Wildman–Crippen MR) is 314 cm³/mol. The largest absolute Gasteiger partial charge is 0.472 e. The summed E-state index contributed by atoms with van der Waals surface area (Å²) in [4.78, 5) is 23.4. The number of quaternary nitrogens is 1. The molecule has 424 valence electrons. The predicted octanol–water partition coefficient (Wildman–Crippen LogP) is 19.1. The number of carbonyl (C=O) groups is 1. The summed E-state index contributed by atoms with van der Waals surface area (Å²) in [5, 5.41) is 14.1. The van der Waals surface area contributed by atoms with Gasteiger partial charge in [-0.3, -0.25) is 13.8 Å². The van der Waals surface area contributed by atoms with E-state index in [1.165, 1.54) is 205 Å². The Kier molecular flexibility index (Phi) is 53.1. The molecular weight excluding hydrogens is 912 g/mol. The zero-order valence-corrected chi connectivity index (χ0v) is 49.3. The number of carbonyl (C=O) groups excluding carboxylic acids is 1. The number of phosphoric ester groups is 1. The lowest BCUT2D eigenvalue weighted by molar-refractivity contribution is -0.870. The minimum atomic E-state index is -4.33. The fraction of sp³-hybridized carbons (Fsp3) is 0.857. The van der Waals surface area contributed by atoms with Gasteiger partial charge in [0.1, 0.15) is 13.2 Å². The van der Waals surface area contributed by atoms with Crippen LogP contribution in [0.1, 0.15) is 296 Å². The van der Waals surface area contributed by atoms with Crippen LogP contribution in [0.25, 0.3) is 0 Å². The van der Waals surface area contributed by atoms with Crippen molar-refractivity contribution in [3.05, 3.63) is 48.6 Å². The van der Waals surface area contributed by atoms with Gasteiger partial charge in [0, 0.05) is 6.42 Å². The number of rotatable bonds is 57. The Labute approximate surface area is 448 Å². The van der Waals surface area contributed by atoms with E-state index in [9.17, 15) is 19.4 Å². The number of amides is 1. The molecular formula is C63H122N2O6P+. The van der Waals surface area contributed by atoms with Crippen molar-refractivity contribution in [2.24, 2.45) is 0 Å². The van der Waals surface area contributed by atoms with Gasteiger partial charge in [0.25, 0.3) is 0 Å². The smallest absolute Gasteiger partial charge is 0.391 e. The van der Waals surface area contributed by atoms with Crippen molar-refractivity contribution in [2.45, 2.75) is 309 Å². The SMILES string of the molecule is CC/C=C\C/C=C\C/C=C\C/C=C\CCCCCCCCCCCCCCCCC(=O)NC(COP(=O)(O)OCC[N+](C)(C)C)C(O)CCCCCCCCCCCCCCCCCCCCCCCCC. The summed E-state index contributed by atoms with van der Waals surface area (Å²) in [5.41, 5.74) is 0. The maximum absolute atomic E-state index is 13.0. The van der Waals surface area contributed by atoms with Crippen LogP contribution in [0, 0.1) is 0 Å². The quantitative estimate of drug-likeness (QED) is 0.0243. The number of unbranched alkanes of at least 4 members (excludes halogenated alkanes) is 36. The summed E-state index contributed by atoms with van der Waals surface area (Å²) >= 11 is 0. The van der Waals surface area contributed by atoms with E-state index in [0.29, 0.717) is 23.9 Å². The zero-order chi connectivity index (χ0) is 52.7. The number of hydrogen-bond donors (Lipinski definition) is 3. The number of aliphatic hydroxyl groups is 1. The summed E-state index contributed by atoms with van der Waals surface area (Å²) in [6, 6.07) is -0.763. The molecule has 0 aromatic rings. The van der Waals surface area contributed by atoms with Gasteiger partial charge in [-0.1, -0.05) is 287 Å². The fourth-order valence-electron chi connectivity index (χ4n) is 9.28. The van der Waals surface area contributed by atoms with Gasteiger partial charge in [0.15, 0.2) is 0 Å². The number of aliphatic hydroxyl groups excluding tert-OH is 1. The third-order valence-corrected chi connectivity index (χ3v) is 15.1. The fourth-order valence-corrected chi connectivity index (χ4v) is 10.0. The number of nitrogens with zero attached hydrogens (tertiary/aromatic N) is 1. The molecule has 0 saturated heterocycles. The highest BCUT2D eigenvalue weighted by atomic mass is 31.2. The van der Waals surface area contributed by atoms with E-state index in [4.69, 9.17) is 9.05 Å². The number of hydrogen-bond acceptors (Lipinski definition) is 5. The molecule has 1 amide bonds. The zero-order valence-electron chi connectivity index (χ0n) is 48.4. The van der Waals surface area contributed by atoms with Crippen LogP contribution in [0.4, 0.5) is 0 Å². The Morgan fingerprint density at radius 2 is 0.833 bits per heavy atom. The van der Waals surface area contributed by atoms with E-state index in [1.54, 1.807) is 0 Å². The third-order valence-electron chi connectivity index (χ3n) is 14.1. The molecule has 3 unspecified atom stereocenters. The third kappa shape index (κ3) is 56.2. The second-order valence-corrected chi connectivity index (χ2v) is 23.9. The molecule has 0 radical (unpaired) electrons. The first kappa shape index (κ1) is 70.5. The van der Waals surface area contributed by atoms with Gasteiger partial charge in [-0.2, -0.15) is 0 Å². The first-order chi connectivity index (χ1) is 35.0. The van der Waals surface area contributed by atoms with Gasteiger partial charge in [-0.15, -0.1) is 0 Å². The first-order valence-corrected chi connectivity index (χ1v) is 32.5. The monoisotopic (exact) mass is 1030 g/mol. The van der Waals surface area contributed by atoms with Crippen LogP contribution < -0.4 is 5.32 Å². The van der Waals surface area contributed by atoms with E-state index in [0.717, 1.165) is 64.2 Å². The topological polar surface area (TPSA) is 105 Å². The Hall–Kier alpha value is -1.54. The molecule has 0 fully saturated rings. The highest BCUT2D eigenvalue weighted by Gasteiger charge is 2.28. The average molecular weight is 1030 g/mol. The van der Waals surface area contributed by atoms with E-state index in [2.05, 4.69) is 67.8 Å². The van der Waals surface area contributed by atoms with Crippen LogP contribution >= 0.6 is 7.82 Å². The molecule has 0 rings (SSSR count). The Morgan fingerprint density at radius 1 is 0.486 bits per heavy atom. The van der Waals surface area contributed by atoms with E-state index in [-0.39, 0.29) is 19.1 Å². The molecule has 0 aliphatic rings. The van der Waals surface area contributed by atoms with Crippen molar-refractivity contribution in [1.82, 2.24) is 5.32 Å². The molecule has 3 N–H and O–H groups in total. The normalized spacial score (nSPS) is 14.2. The van der Waals surface area contributed by atoms with Crippen molar-refractivity contribution >= 4 is 13.7 Å². The van der Waals surface area contributed by atoms with Crippen LogP contribution in [0.15, 0.2) is 48.6 Å². The Balaban J connectivity index is 4.11. The van der Waals surface area contributed by atoms with Crippen molar-refractivity contribution in [3.63, 3.8) is 0 Å². The molecule has 0 heterocycles. The molecule has 0 spiro atoms. The van der Waals surface area contributed by atoms with Crippen LogP contribution in [0.5, 0.6) is 0 Å². The molecule has 0 aromatic heterocycles. The lowest BCUT2D eigenvalue weighted by Crippen LogP contribution is -2.46. The first-order valence-electron chi connectivity index (χ1n) is 31.0.